The van der Waals surface area contributed by atoms with E-state index in [4.69, 9.17) is 9.05 Å². The molecule has 16 heavy (non-hydrogen) atoms. The summed E-state index contributed by atoms with van der Waals surface area (Å²) in [7, 11) is -3.45. The van der Waals surface area contributed by atoms with E-state index in [-0.39, 0.29) is 19.8 Å². The van der Waals surface area contributed by atoms with Gasteiger partial charge in [0.05, 0.1) is 19.8 Å². The normalized spacial score (nSPS) is 11.7. The monoisotopic (exact) mass is 252 g/mol. The molecule has 0 fully saturated rings. The molecule has 0 aromatic carbocycles. The van der Waals surface area contributed by atoms with E-state index in [1.807, 2.05) is 0 Å². The van der Waals surface area contributed by atoms with Crippen LogP contribution in [-0.2, 0) is 23.1 Å². The molecule has 0 rings (SSSR count). The zero-order valence-electron chi connectivity index (χ0n) is 9.63. The van der Waals surface area contributed by atoms with Crippen molar-refractivity contribution in [2.45, 2.75) is 20.8 Å². The van der Waals surface area contributed by atoms with E-state index in [1.54, 1.807) is 20.8 Å². The van der Waals surface area contributed by atoms with Gasteiger partial charge in [-0.1, -0.05) is 0 Å². The third-order valence-corrected chi connectivity index (χ3v) is 2.79. The third kappa shape index (κ3) is 6.55. The van der Waals surface area contributed by atoms with Crippen LogP contribution in [0.3, 0.4) is 0 Å². The van der Waals surface area contributed by atoms with Crippen LogP contribution in [-0.4, -0.2) is 32.0 Å². The second-order valence-electron chi connectivity index (χ2n) is 2.44. The molecule has 0 bridgehead atoms. The van der Waals surface area contributed by atoms with Crippen LogP contribution in [0.15, 0.2) is 5.10 Å². The van der Waals surface area contributed by atoms with Gasteiger partial charge >= 0.3 is 13.7 Å². The quantitative estimate of drug-likeness (QED) is 0.303. The van der Waals surface area contributed by atoms with E-state index in [1.165, 1.54) is 0 Å². The predicted octanol–water partition coefficient (Wildman–Crippen LogP) is 1.31. The molecule has 0 spiro atoms. The van der Waals surface area contributed by atoms with E-state index < -0.39 is 13.7 Å². The van der Waals surface area contributed by atoms with Crippen LogP contribution in [0.4, 0.5) is 0 Å². The second kappa shape index (κ2) is 8.27. The molecule has 0 aromatic heterocycles. The fourth-order valence-electron chi connectivity index (χ4n) is 0.767. The van der Waals surface area contributed by atoms with Crippen molar-refractivity contribution >= 4 is 19.9 Å². The molecule has 0 aliphatic rings. The first-order chi connectivity index (χ1) is 7.58. The van der Waals surface area contributed by atoms with Gasteiger partial charge in [-0.25, -0.2) is 14.6 Å². The Labute approximate surface area is 94.7 Å². The Morgan fingerprint density at radius 1 is 1.25 bits per heavy atom. The average molecular weight is 252 g/mol. The van der Waals surface area contributed by atoms with E-state index in [0.717, 1.165) is 6.21 Å². The van der Waals surface area contributed by atoms with Crippen molar-refractivity contribution in [1.29, 1.82) is 0 Å². The molecule has 94 valence electrons. The van der Waals surface area contributed by atoms with Crippen LogP contribution in [0.5, 0.6) is 0 Å². The van der Waals surface area contributed by atoms with Crippen LogP contribution < -0.4 is 5.20 Å². The molecule has 0 saturated carbocycles. The lowest BCUT2D eigenvalue weighted by Crippen LogP contribution is -2.12. The average Bonchev–Trinajstić information content (AvgIpc) is 2.18. The molecule has 0 aliphatic carbocycles. The molecule has 0 amide bonds. The van der Waals surface area contributed by atoms with Gasteiger partial charge in [0.2, 0.25) is 0 Å². The summed E-state index contributed by atoms with van der Waals surface area (Å²) < 4.78 is 26.0. The number of carbonyl (C=O) groups excluding carboxylic acids is 1. The maximum absolute atomic E-state index is 11.7. The lowest BCUT2D eigenvalue weighted by molar-refractivity contribution is -0.134. The number of esters is 1. The highest BCUT2D eigenvalue weighted by molar-refractivity contribution is 7.51. The smallest absolute Gasteiger partial charge is 0.448 e. The van der Waals surface area contributed by atoms with Gasteiger partial charge in [0, 0.05) is 0 Å². The van der Waals surface area contributed by atoms with Crippen molar-refractivity contribution in [3.05, 3.63) is 0 Å². The summed E-state index contributed by atoms with van der Waals surface area (Å²) in [6.07, 6.45) is 0.869. The maximum atomic E-state index is 11.7. The van der Waals surface area contributed by atoms with Crippen LogP contribution >= 0.6 is 7.75 Å². The number of hydrogen-bond acceptors (Lipinski definition) is 6. The zero-order chi connectivity index (χ0) is 12.4. The Morgan fingerprint density at radius 2 is 1.81 bits per heavy atom. The minimum atomic E-state index is -3.45. The first kappa shape index (κ1) is 15.1. The van der Waals surface area contributed by atoms with E-state index in [9.17, 15) is 9.36 Å². The first-order valence-corrected chi connectivity index (χ1v) is 6.48. The van der Waals surface area contributed by atoms with Gasteiger partial charge in [0.1, 0.15) is 6.21 Å². The summed E-state index contributed by atoms with van der Waals surface area (Å²) in [5.41, 5.74) is 0. The molecule has 0 saturated heterocycles. The van der Waals surface area contributed by atoms with E-state index in [0.29, 0.717) is 0 Å². The van der Waals surface area contributed by atoms with E-state index in [2.05, 4.69) is 15.0 Å². The SMILES string of the molecule is CCOC(=O)/C=N/NP(=O)(OCC)OCC. The Hall–Kier alpha value is -0.910. The van der Waals surface area contributed by atoms with Crippen molar-refractivity contribution in [3.8, 4) is 0 Å². The fourth-order valence-corrected chi connectivity index (χ4v) is 1.84. The lowest BCUT2D eigenvalue weighted by Gasteiger charge is -2.14. The van der Waals surface area contributed by atoms with Crippen LogP contribution in [0.2, 0.25) is 0 Å². The van der Waals surface area contributed by atoms with Crippen molar-refractivity contribution in [2.24, 2.45) is 5.10 Å². The molecular weight excluding hydrogens is 235 g/mol. The number of nitrogens with one attached hydrogen (secondary N) is 1. The Balaban J connectivity index is 4.21. The highest BCUT2D eigenvalue weighted by Gasteiger charge is 2.22. The minimum absolute atomic E-state index is 0.208. The summed E-state index contributed by atoms with van der Waals surface area (Å²) in [4.78, 5) is 10.9. The zero-order valence-corrected chi connectivity index (χ0v) is 10.5. The van der Waals surface area contributed by atoms with Crippen molar-refractivity contribution < 1.29 is 23.1 Å². The number of rotatable bonds is 8. The third-order valence-electron chi connectivity index (χ3n) is 1.23. The van der Waals surface area contributed by atoms with Gasteiger partial charge in [-0.05, 0) is 20.8 Å². The Bertz CT molecular complexity index is 272. The molecule has 0 radical (unpaired) electrons. The molecule has 0 heterocycles. The van der Waals surface area contributed by atoms with Crippen molar-refractivity contribution in [3.63, 3.8) is 0 Å². The predicted molar refractivity (Wildman–Crippen MR) is 59.1 cm³/mol. The van der Waals surface area contributed by atoms with Gasteiger partial charge in [0.15, 0.2) is 0 Å². The van der Waals surface area contributed by atoms with Crippen molar-refractivity contribution in [1.82, 2.24) is 5.20 Å². The number of hydrogen-bond donors (Lipinski definition) is 1. The number of hydrazone groups is 1. The second-order valence-corrected chi connectivity index (χ2v) is 4.15. The number of ether oxygens (including phenoxy) is 1. The summed E-state index contributed by atoms with van der Waals surface area (Å²) in [6.45, 7) is 5.67. The molecule has 0 aromatic rings. The molecule has 0 atom stereocenters. The number of nitrogens with zero attached hydrogens (tertiary/aromatic N) is 1. The molecule has 0 unspecified atom stereocenters. The Kier molecular flexibility index (Phi) is 7.80. The standard InChI is InChI=1S/C8H17N2O5P/c1-4-13-8(11)7-9-10-16(12,14-5-2)15-6-3/h7H,4-6H2,1-3H3,(H,10,12)/b9-7+. The van der Waals surface area contributed by atoms with Gasteiger partial charge in [-0.15, -0.1) is 0 Å². The first-order valence-electron chi connectivity index (χ1n) is 4.94. The van der Waals surface area contributed by atoms with Gasteiger partial charge in [-0.2, -0.15) is 5.10 Å². The number of carbonyl (C=O) groups is 1. The van der Waals surface area contributed by atoms with Crippen LogP contribution in [0.25, 0.3) is 0 Å². The van der Waals surface area contributed by atoms with Gasteiger partial charge in [-0.3, -0.25) is 9.05 Å². The highest BCUT2D eigenvalue weighted by atomic mass is 31.2. The molecule has 1 N–H and O–H groups in total. The lowest BCUT2D eigenvalue weighted by atomic mass is 10.7. The highest BCUT2D eigenvalue weighted by Crippen LogP contribution is 2.43. The molecule has 0 aliphatic heterocycles. The summed E-state index contributed by atoms with van der Waals surface area (Å²) >= 11 is 0. The van der Waals surface area contributed by atoms with E-state index >= 15 is 0 Å². The summed E-state index contributed by atoms with van der Waals surface area (Å²) in [5, 5.41) is 5.60. The molecular formula is C8H17N2O5P. The van der Waals surface area contributed by atoms with Gasteiger partial charge < -0.3 is 4.74 Å². The molecule has 7 nitrogen and oxygen atoms in total. The molecule has 8 heteroatoms. The van der Waals surface area contributed by atoms with Crippen LogP contribution in [0, 0.1) is 0 Å². The summed E-state index contributed by atoms with van der Waals surface area (Å²) in [5.74, 6) is -0.630. The minimum Gasteiger partial charge on any atom is -0.462 e. The topological polar surface area (TPSA) is 86.2 Å². The van der Waals surface area contributed by atoms with Crippen LogP contribution in [0.1, 0.15) is 20.8 Å². The fraction of sp³-hybridized carbons (Fsp3) is 0.750. The summed E-state index contributed by atoms with van der Waals surface area (Å²) in [6, 6.07) is 0. The maximum Gasteiger partial charge on any atom is 0.448 e. The van der Waals surface area contributed by atoms with Gasteiger partial charge in [0.25, 0.3) is 0 Å². The Morgan fingerprint density at radius 3 is 2.25 bits per heavy atom. The van der Waals surface area contributed by atoms with Crippen molar-refractivity contribution in [2.75, 3.05) is 19.8 Å². The largest absolute Gasteiger partial charge is 0.462 e.